The van der Waals surface area contributed by atoms with Crippen LogP contribution in [0.2, 0.25) is 0 Å². The molecule has 0 aliphatic rings. The molecule has 0 saturated heterocycles. The number of furan rings is 1. The van der Waals surface area contributed by atoms with E-state index in [1.807, 2.05) is 49.4 Å². The van der Waals surface area contributed by atoms with Crippen LogP contribution in [0.5, 0.6) is 0 Å². The van der Waals surface area contributed by atoms with Crippen LogP contribution in [0.1, 0.15) is 17.1 Å². The van der Waals surface area contributed by atoms with Crippen LogP contribution in [0.15, 0.2) is 74.8 Å². The first-order valence-electron chi connectivity index (χ1n) is 8.46. The third-order valence-electron chi connectivity index (χ3n) is 4.00. The average molecular weight is 441 g/mol. The van der Waals surface area contributed by atoms with E-state index >= 15 is 0 Å². The molecule has 0 spiro atoms. The molecule has 0 aliphatic carbocycles. The molecule has 0 saturated carbocycles. The molecule has 0 atom stereocenters. The van der Waals surface area contributed by atoms with E-state index in [0.717, 1.165) is 38.4 Å². The van der Waals surface area contributed by atoms with E-state index in [1.165, 1.54) is 5.56 Å². The molecule has 4 rings (SSSR count). The molecule has 1 aromatic carbocycles. The van der Waals surface area contributed by atoms with Gasteiger partial charge in [0.15, 0.2) is 11.0 Å². The van der Waals surface area contributed by atoms with Gasteiger partial charge in [0.05, 0.1) is 6.54 Å². The number of thioether (sulfide) groups is 1. The van der Waals surface area contributed by atoms with Crippen molar-refractivity contribution in [3.8, 4) is 11.5 Å². The van der Waals surface area contributed by atoms with E-state index in [1.54, 1.807) is 18.0 Å². The van der Waals surface area contributed by atoms with E-state index in [2.05, 4.69) is 47.8 Å². The Balaban J connectivity index is 1.63. The smallest absolute Gasteiger partial charge is 0.192 e. The van der Waals surface area contributed by atoms with Crippen molar-refractivity contribution in [2.24, 2.45) is 0 Å². The van der Waals surface area contributed by atoms with Crippen molar-refractivity contribution < 1.29 is 4.42 Å². The number of aryl methyl sites for hydroxylation is 1. The zero-order valence-electron chi connectivity index (χ0n) is 14.7. The van der Waals surface area contributed by atoms with Gasteiger partial charge in [0.25, 0.3) is 0 Å². The number of benzene rings is 1. The molecule has 0 bridgehead atoms. The highest BCUT2D eigenvalue weighted by molar-refractivity contribution is 9.10. The fourth-order valence-electron chi connectivity index (χ4n) is 2.68. The van der Waals surface area contributed by atoms with Gasteiger partial charge in [-0.1, -0.05) is 45.9 Å². The summed E-state index contributed by atoms with van der Waals surface area (Å²) in [6.07, 6.45) is 1.76. The van der Waals surface area contributed by atoms with Gasteiger partial charge in [-0.2, -0.15) is 0 Å². The topological polar surface area (TPSA) is 56.7 Å². The van der Waals surface area contributed by atoms with Gasteiger partial charge in [-0.25, -0.2) is 0 Å². The van der Waals surface area contributed by atoms with Crippen LogP contribution in [-0.4, -0.2) is 19.7 Å². The second-order valence-corrected chi connectivity index (χ2v) is 7.89. The Bertz CT molecular complexity index is 1030. The van der Waals surface area contributed by atoms with E-state index in [-0.39, 0.29) is 0 Å². The predicted octanol–water partition coefficient (Wildman–Crippen LogP) is 5.34. The quantitative estimate of drug-likeness (QED) is 0.378. The lowest BCUT2D eigenvalue weighted by Crippen LogP contribution is -2.04. The van der Waals surface area contributed by atoms with Gasteiger partial charge >= 0.3 is 0 Å². The van der Waals surface area contributed by atoms with Crippen LogP contribution >= 0.6 is 27.7 Å². The standard InChI is InChI=1S/C20H17BrN4OS/c1-14-5-10-17(26-14)12-25-19(18-4-2-3-11-22-18)23-24-20(25)27-13-15-6-8-16(21)9-7-15/h2-11H,12-13H2,1H3. The lowest BCUT2D eigenvalue weighted by molar-refractivity contribution is 0.463. The van der Waals surface area contributed by atoms with Gasteiger partial charge in [-0.3, -0.25) is 9.55 Å². The van der Waals surface area contributed by atoms with Crippen LogP contribution in [-0.2, 0) is 12.3 Å². The van der Waals surface area contributed by atoms with Crippen molar-refractivity contribution in [3.05, 3.63) is 82.4 Å². The SMILES string of the molecule is Cc1ccc(Cn2c(SCc3ccc(Br)cc3)nnc2-c2ccccn2)o1. The van der Waals surface area contributed by atoms with Crippen molar-refractivity contribution in [2.75, 3.05) is 0 Å². The second kappa shape index (κ2) is 8.10. The van der Waals surface area contributed by atoms with Crippen molar-refractivity contribution in [3.63, 3.8) is 0 Å². The average Bonchev–Trinajstić information content (AvgIpc) is 3.28. The van der Waals surface area contributed by atoms with E-state index < -0.39 is 0 Å². The van der Waals surface area contributed by atoms with Crippen LogP contribution in [0.3, 0.4) is 0 Å². The molecule has 136 valence electrons. The molecule has 0 radical (unpaired) electrons. The molecule has 3 heterocycles. The Morgan fingerprint density at radius 1 is 1.04 bits per heavy atom. The molecule has 5 nitrogen and oxygen atoms in total. The Labute approximate surface area is 170 Å². The molecule has 0 amide bonds. The van der Waals surface area contributed by atoms with Crippen molar-refractivity contribution in [1.29, 1.82) is 0 Å². The maximum absolute atomic E-state index is 5.77. The zero-order valence-corrected chi connectivity index (χ0v) is 17.1. The number of halogens is 1. The number of hydrogen-bond acceptors (Lipinski definition) is 5. The molecule has 4 aromatic rings. The molecule has 3 aromatic heterocycles. The minimum absolute atomic E-state index is 0.565. The lowest BCUT2D eigenvalue weighted by atomic mass is 10.2. The van der Waals surface area contributed by atoms with Crippen LogP contribution in [0, 0.1) is 6.92 Å². The summed E-state index contributed by atoms with van der Waals surface area (Å²) in [6.45, 7) is 2.51. The first-order chi connectivity index (χ1) is 13.2. The van der Waals surface area contributed by atoms with Crippen molar-refractivity contribution in [1.82, 2.24) is 19.7 Å². The summed E-state index contributed by atoms with van der Waals surface area (Å²) in [5.41, 5.74) is 2.02. The normalized spacial score (nSPS) is 11.0. The summed E-state index contributed by atoms with van der Waals surface area (Å²) in [7, 11) is 0. The number of rotatable bonds is 6. The fourth-order valence-corrected chi connectivity index (χ4v) is 3.83. The van der Waals surface area contributed by atoms with Gasteiger partial charge < -0.3 is 4.42 Å². The third-order valence-corrected chi connectivity index (χ3v) is 5.57. The summed E-state index contributed by atoms with van der Waals surface area (Å²) >= 11 is 5.12. The summed E-state index contributed by atoms with van der Waals surface area (Å²) in [5.74, 6) is 3.31. The Morgan fingerprint density at radius 3 is 2.59 bits per heavy atom. The maximum atomic E-state index is 5.77. The molecular formula is C20H17BrN4OS. The highest BCUT2D eigenvalue weighted by atomic mass is 79.9. The van der Waals surface area contributed by atoms with Crippen LogP contribution < -0.4 is 0 Å². The minimum atomic E-state index is 0.565. The van der Waals surface area contributed by atoms with Crippen LogP contribution in [0.25, 0.3) is 11.5 Å². The molecule has 27 heavy (non-hydrogen) atoms. The molecule has 0 N–H and O–H groups in total. The maximum Gasteiger partial charge on any atom is 0.192 e. The Hall–Kier alpha value is -2.38. The summed E-state index contributed by atoms with van der Waals surface area (Å²) in [4.78, 5) is 4.43. The molecular weight excluding hydrogens is 424 g/mol. The molecule has 0 aliphatic heterocycles. The second-order valence-electron chi connectivity index (χ2n) is 6.03. The van der Waals surface area contributed by atoms with Gasteiger partial charge in [0, 0.05) is 16.4 Å². The highest BCUT2D eigenvalue weighted by Crippen LogP contribution is 2.27. The van der Waals surface area contributed by atoms with Gasteiger partial charge in [0.2, 0.25) is 0 Å². The largest absolute Gasteiger partial charge is 0.464 e. The zero-order chi connectivity index (χ0) is 18.6. The first kappa shape index (κ1) is 18.0. The fraction of sp³-hybridized carbons (Fsp3) is 0.150. The number of pyridine rings is 1. The molecule has 0 fully saturated rings. The van der Waals surface area contributed by atoms with Crippen LogP contribution in [0.4, 0.5) is 0 Å². The summed E-state index contributed by atoms with van der Waals surface area (Å²) in [5, 5.41) is 9.65. The van der Waals surface area contributed by atoms with E-state index in [9.17, 15) is 0 Å². The number of aromatic nitrogens is 4. The number of nitrogens with zero attached hydrogens (tertiary/aromatic N) is 4. The van der Waals surface area contributed by atoms with Gasteiger partial charge in [-0.15, -0.1) is 10.2 Å². The Kier molecular flexibility index (Phi) is 5.40. The monoisotopic (exact) mass is 440 g/mol. The highest BCUT2D eigenvalue weighted by Gasteiger charge is 2.17. The minimum Gasteiger partial charge on any atom is -0.464 e. The van der Waals surface area contributed by atoms with E-state index in [4.69, 9.17) is 4.42 Å². The summed E-state index contributed by atoms with van der Waals surface area (Å²) in [6, 6.07) is 18.0. The molecule has 0 unspecified atom stereocenters. The number of hydrogen-bond donors (Lipinski definition) is 0. The Morgan fingerprint density at radius 2 is 1.89 bits per heavy atom. The predicted molar refractivity (Wildman–Crippen MR) is 110 cm³/mol. The van der Waals surface area contributed by atoms with Crippen molar-refractivity contribution in [2.45, 2.75) is 24.4 Å². The van der Waals surface area contributed by atoms with Gasteiger partial charge in [-0.05, 0) is 48.9 Å². The third kappa shape index (κ3) is 4.31. The summed E-state index contributed by atoms with van der Waals surface area (Å²) < 4.78 is 8.90. The van der Waals surface area contributed by atoms with Gasteiger partial charge in [0.1, 0.15) is 17.2 Å². The molecule has 7 heteroatoms. The first-order valence-corrected chi connectivity index (χ1v) is 10.2. The van der Waals surface area contributed by atoms with Crippen molar-refractivity contribution >= 4 is 27.7 Å². The van der Waals surface area contributed by atoms with E-state index in [0.29, 0.717) is 6.54 Å². The lowest BCUT2D eigenvalue weighted by Gasteiger charge is -2.08.